The maximum Gasteiger partial charge on any atom is 0.243 e. The molecule has 0 radical (unpaired) electrons. The van der Waals surface area contributed by atoms with Crippen molar-refractivity contribution in [3.63, 3.8) is 0 Å². The van der Waals surface area contributed by atoms with E-state index in [0.29, 0.717) is 37.6 Å². The number of benzene rings is 3. The third-order valence-electron chi connectivity index (χ3n) is 6.04. The summed E-state index contributed by atoms with van der Waals surface area (Å²) in [6, 6.07) is 21.8. The second-order valence-corrected chi connectivity index (χ2v) is 10.2. The van der Waals surface area contributed by atoms with Crippen LogP contribution in [-0.2, 0) is 21.4 Å². The normalized spacial score (nSPS) is 14.3. The molecule has 7 nitrogen and oxygen atoms in total. The van der Waals surface area contributed by atoms with Gasteiger partial charge in [-0.15, -0.1) is 0 Å². The third-order valence-corrected chi connectivity index (χ3v) is 7.84. The summed E-state index contributed by atoms with van der Waals surface area (Å²) in [4.78, 5) is 16.8. The molecule has 0 atom stereocenters. The van der Waals surface area contributed by atoms with Crippen molar-refractivity contribution in [1.82, 2.24) is 9.21 Å². The zero-order chi connectivity index (χ0) is 24.8. The molecular weight excluding hydrogens is 469 g/mol. The van der Waals surface area contributed by atoms with Crippen molar-refractivity contribution >= 4 is 21.6 Å². The van der Waals surface area contributed by atoms with E-state index in [1.54, 1.807) is 35.2 Å². The van der Waals surface area contributed by atoms with Crippen molar-refractivity contribution in [2.75, 3.05) is 44.7 Å². The highest BCUT2D eigenvalue weighted by atomic mass is 32.2. The van der Waals surface area contributed by atoms with Crippen molar-refractivity contribution in [3.05, 3.63) is 90.2 Å². The first kappa shape index (κ1) is 24.7. The Kier molecular flexibility index (Phi) is 7.67. The van der Waals surface area contributed by atoms with Crippen molar-refractivity contribution in [2.24, 2.45) is 0 Å². The number of ether oxygens (including phenoxy) is 1. The Morgan fingerprint density at radius 1 is 0.914 bits per heavy atom. The molecule has 3 aromatic carbocycles. The van der Waals surface area contributed by atoms with Gasteiger partial charge in [0.25, 0.3) is 0 Å². The summed E-state index contributed by atoms with van der Waals surface area (Å²) in [5, 5.41) is 0. The Labute approximate surface area is 205 Å². The zero-order valence-corrected chi connectivity index (χ0v) is 20.3. The van der Waals surface area contributed by atoms with Crippen molar-refractivity contribution < 1.29 is 22.3 Å². The van der Waals surface area contributed by atoms with Crippen LogP contribution in [0.2, 0.25) is 0 Å². The van der Waals surface area contributed by atoms with Crippen LogP contribution in [0.1, 0.15) is 5.56 Å². The first-order valence-electron chi connectivity index (χ1n) is 11.3. The number of halogens is 1. The molecule has 0 aliphatic carbocycles. The Morgan fingerprint density at radius 3 is 2.17 bits per heavy atom. The molecule has 1 heterocycles. The average molecular weight is 498 g/mol. The minimum absolute atomic E-state index is 0.0656. The summed E-state index contributed by atoms with van der Waals surface area (Å²) >= 11 is 0. The van der Waals surface area contributed by atoms with E-state index in [1.807, 2.05) is 35.2 Å². The van der Waals surface area contributed by atoms with Crippen molar-refractivity contribution in [2.45, 2.75) is 11.4 Å². The highest BCUT2D eigenvalue weighted by Crippen LogP contribution is 2.23. The Balaban J connectivity index is 1.49. The lowest BCUT2D eigenvalue weighted by Gasteiger charge is -2.37. The van der Waals surface area contributed by atoms with Gasteiger partial charge in [-0.2, -0.15) is 4.31 Å². The van der Waals surface area contributed by atoms with E-state index in [-0.39, 0.29) is 29.7 Å². The Bertz CT molecular complexity index is 1250. The van der Waals surface area contributed by atoms with Gasteiger partial charge in [-0.1, -0.05) is 42.5 Å². The number of nitrogens with zero attached hydrogens (tertiary/aromatic N) is 3. The van der Waals surface area contributed by atoms with E-state index in [1.165, 1.54) is 29.6 Å². The number of piperazine rings is 1. The molecule has 1 saturated heterocycles. The van der Waals surface area contributed by atoms with Crippen LogP contribution in [0, 0.1) is 5.82 Å². The minimum Gasteiger partial charge on any atom is -0.497 e. The lowest BCUT2D eigenvalue weighted by molar-refractivity contribution is -0.131. The zero-order valence-electron chi connectivity index (χ0n) is 19.5. The van der Waals surface area contributed by atoms with Gasteiger partial charge in [-0.25, -0.2) is 12.8 Å². The molecule has 0 aromatic heterocycles. The number of hydrogen-bond acceptors (Lipinski definition) is 5. The van der Waals surface area contributed by atoms with Crippen LogP contribution in [0.5, 0.6) is 5.75 Å². The van der Waals surface area contributed by atoms with Crippen LogP contribution in [-0.4, -0.2) is 63.4 Å². The fourth-order valence-electron chi connectivity index (χ4n) is 4.07. The summed E-state index contributed by atoms with van der Waals surface area (Å²) in [7, 11) is -2.44. The first-order valence-corrected chi connectivity index (χ1v) is 12.8. The van der Waals surface area contributed by atoms with E-state index in [9.17, 15) is 17.6 Å². The van der Waals surface area contributed by atoms with E-state index < -0.39 is 10.0 Å². The second-order valence-electron chi connectivity index (χ2n) is 8.25. The van der Waals surface area contributed by atoms with E-state index in [0.717, 1.165) is 5.56 Å². The van der Waals surface area contributed by atoms with Crippen LogP contribution in [0.4, 0.5) is 10.1 Å². The smallest absolute Gasteiger partial charge is 0.243 e. The van der Waals surface area contributed by atoms with Gasteiger partial charge >= 0.3 is 0 Å². The highest BCUT2D eigenvalue weighted by molar-refractivity contribution is 7.89. The minimum atomic E-state index is -3.95. The van der Waals surface area contributed by atoms with Crippen LogP contribution in [0.3, 0.4) is 0 Å². The monoisotopic (exact) mass is 497 g/mol. The second kappa shape index (κ2) is 10.9. The molecule has 0 spiro atoms. The summed E-state index contributed by atoms with van der Waals surface area (Å²) in [6.07, 6.45) is 0. The maximum atomic E-state index is 14.1. The molecule has 3 aromatic rings. The van der Waals surface area contributed by atoms with E-state index in [4.69, 9.17) is 4.74 Å². The summed E-state index contributed by atoms with van der Waals surface area (Å²) < 4.78 is 47.5. The summed E-state index contributed by atoms with van der Waals surface area (Å²) in [5.41, 5.74) is 1.29. The number of amides is 1. The highest BCUT2D eigenvalue weighted by Gasteiger charge is 2.30. The van der Waals surface area contributed by atoms with Crippen LogP contribution >= 0.6 is 0 Å². The van der Waals surface area contributed by atoms with Crippen LogP contribution in [0.25, 0.3) is 0 Å². The predicted molar refractivity (Wildman–Crippen MR) is 132 cm³/mol. The Morgan fingerprint density at radius 2 is 1.54 bits per heavy atom. The molecule has 0 saturated carbocycles. The van der Waals surface area contributed by atoms with Crippen molar-refractivity contribution in [1.29, 1.82) is 0 Å². The average Bonchev–Trinajstić information content (AvgIpc) is 2.89. The Hall–Kier alpha value is -3.43. The van der Waals surface area contributed by atoms with E-state index in [2.05, 4.69) is 0 Å². The summed E-state index contributed by atoms with van der Waals surface area (Å²) in [5.74, 6) is -0.0412. The molecule has 1 amide bonds. The lowest BCUT2D eigenvalue weighted by atomic mass is 10.2. The molecule has 0 unspecified atom stereocenters. The number of carbonyl (C=O) groups is 1. The van der Waals surface area contributed by atoms with Crippen molar-refractivity contribution in [3.8, 4) is 5.75 Å². The number of rotatable bonds is 8. The quantitative estimate of drug-likeness (QED) is 0.477. The summed E-state index contributed by atoms with van der Waals surface area (Å²) in [6.45, 7) is 1.48. The van der Waals surface area contributed by atoms with Crippen LogP contribution < -0.4 is 9.64 Å². The molecule has 0 bridgehead atoms. The van der Waals surface area contributed by atoms with Gasteiger partial charge in [0, 0.05) is 32.7 Å². The molecule has 1 aliphatic rings. The molecule has 1 fully saturated rings. The van der Waals surface area contributed by atoms with Gasteiger partial charge in [-0.05, 0) is 42.0 Å². The molecule has 0 N–H and O–H groups in total. The molecule has 4 rings (SSSR count). The number of carbonyl (C=O) groups excluding carboxylic acids is 1. The number of para-hydroxylation sites is 1. The number of methoxy groups -OCH3 is 1. The fraction of sp³-hybridized carbons (Fsp3) is 0.269. The molecule has 35 heavy (non-hydrogen) atoms. The van der Waals surface area contributed by atoms with Crippen LogP contribution in [0.15, 0.2) is 83.8 Å². The first-order chi connectivity index (χ1) is 16.9. The molecule has 184 valence electrons. The topological polar surface area (TPSA) is 70.2 Å². The largest absolute Gasteiger partial charge is 0.497 e. The van der Waals surface area contributed by atoms with Gasteiger partial charge in [0.2, 0.25) is 15.9 Å². The van der Waals surface area contributed by atoms with Gasteiger partial charge in [-0.3, -0.25) is 4.79 Å². The van der Waals surface area contributed by atoms with Gasteiger partial charge in [0.05, 0.1) is 24.2 Å². The van der Waals surface area contributed by atoms with Gasteiger partial charge in [0.15, 0.2) is 0 Å². The van der Waals surface area contributed by atoms with Gasteiger partial charge < -0.3 is 14.5 Å². The molecule has 1 aliphatic heterocycles. The number of anilines is 1. The third kappa shape index (κ3) is 5.80. The number of sulfonamides is 1. The lowest BCUT2D eigenvalue weighted by Crippen LogP contribution is -2.52. The standard InChI is InChI=1S/C26H28FN3O4S/c1-34-22-11-13-23(14-12-22)35(32,33)30(19-21-7-3-2-4-8-21)20-26(31)29-17-15-28(16-18-29)25-10-6-5-9-24(25)27/h2-14H,15-20H2,1H3. The SMILES string of the molecule is COc1ccc(S(=O)(=O)N(CC(=O)N2CCN(c3ccccc3F)CC2)Cc2ccccc2)cc1. The molecular formula is C26H28FN3O4S. The van der Waals surface area contributed by atoms with E-state index >= 15 is 0 Å². The fourth-order valence-corrected chi connectivity index (χ4v) is 5.44. The molecule has 9 heteroatoms. The van der Waals surface area contributed by atoms with Gasteiger partial charge in [0.1, 0.15) is 11.6 Å². The maximum absolute atomic E-state index is 14.1. The number of hydrogen-bond donors (Lipinski definition) is 0. The predicted octanol–water partition coefficient (Wildman–Crippen LogP) is 3.37.